The van der Waals surface area contributed by atoms with E-state index in [2.05, 4.69) is 46.8 Å². The van der Waals surface area contributed by atoms with Crippen molar-refractivity contribution < 1.29 is 14.6 Å². The zero-order valence-corrected chi connectivity index (χ0v) is 18.7. The minimum atomic E-state index is -1.09. The summed E-state index contributed by atoms with van der Waals surface area (Å²) < 4.78 is 6.26. The molecule has 0 aliphatic heterocycles. The third-order valence-electron chi connectivity index (χ3n) is 9.24. The van der Waals surface area contributed by atoms with Gasteiger partial charge >= 0.3 is 5.97 Å². The molecule has 1 N–H and O–H groups in total. The van der Waals surface area contributed by atoms with Crippen molar-refractivity contribution in [2.24, 2.45) is 51.8 Å². The van der Waals surface area contributed by atoms with Crippen molar-refractivity contribution in [2.45, 2.75) is 66.7 Å². The Morgan fingerprint density at radius 3 is 2.62 bits per heavy atom. The molecule has 3 saturated carbocycles. The van der Waals surface area contributed by atoms with Gasteiger partial charge in [0.2, 0.25) is 0 Å². The Balaban J connectivity index is 1.84. The number of carboxylic acid groups (broad SMARTS) is 1. The van der Waals surface area contributed by atoms with E-state index in [9.17, 15) is 15.2 Å². The molecule has 0 aromatic carbocycles. The number of hydrogen-bond acceptors (Lipinski definition) is 3. The van der Waals surface area contributed by atoms with Gasteiger partial charge in [0.25, 0.3) is 0 Å². The first-order valence-corrected chi connectivity index (χ1v) is 11.6. The molecule has 4 nitrogen and oxygen atoms in total. The fourth-order valence-corrected chi connectivity index (χ4v) is 8.11. The van der Waals surface area contributed by atoms with Crippen LogP contribution in [0.15, 0.2) is 11.6 Å². The number of nitrogens with zero attached hydrogens (tertiary/aromatic N) is 1. The SMILES string of the molecule is CC(C)CCOC[C@]12C[C@H]3[C@@H](C)CC[C@@H]3[C@]3(C#N)C[C@H]1C=C(C(C)C)[C@]23C(=O)O. The topological polar surface area (TPSA) is 70.3 Å². The average Bonchev–Trinajstić information content (AvgIpc) is 3.22. The van der Waals surface area contributed by atoms with Crippen LogP contribution in [0, 0.1) is 63.1 Å². The maximum absolute atomic E-state index is 13.2. The number of ether oxygens (including phenoxy) is 1. The van der Waals surface area contributed by atoms with E-state index in [0.29, 0.717) is 37.4 Å². The van der Waals surface area contributed by atoms with Gasteiger partial charge in [-0.25, -0.2) is 0 Å². The molecular weight excluding hydrogens is 362 g/mol. The molecule has 3 fully saturated rings. The second kappa shape index (κ2) is 6.84. The summed E-state index contributed by atoms with van der Waals surface area (Å²) in [4.78, 5) is 13.2. The van der Waals surface area contributed by atoms with Crippen LogP contribution in [0.2, 0.25) is 0 Å². The Morgan fingerprint density at radius 2 is 2.03 bits per heavy atom. The number of carbonyl (C=O) groups is 1. The summed E-state index contributed by atoms with van der Waals surface area (Å²) in [6.45, 7) is 12.0. The van der Waals surface area contributed by atoms with Crippen LogP contribution >= 0.6 is 0 Å². The number of carboxylic acids is 1. The number of allylic oxidation sites excluding steroid dienone is 1. The van der Waals surface area contributed by atoms with Gasteiger partial charge in [-0.1, -0.05) is 52.7 Å². The molecule has 4 aliphatic carbocycles. The highest BCUT2D eigenvalue weighted by Crippen LogP contribution is 2.83. The summed E-state index contributed by atoms with van der Waals surface area (Å²) in [5.41, 5.74) is -1.33. The summed E-state index contributed by atoms with van der Waals surface area (Å²) in [5.74, 6) is 1.28. The normalized spacial score (nSPS) is 44.8. The maximum atomic E-state index is 13.2. The summed E-state index contributed by atoms with van der Waals surface area (Å²) in [6, 6.07) is 2.70. The Hall–Kier alpha value is -1.34. The molecule has 7 atom stereocenters. The number of hydrogen-bond donors (Lipinski definition) is 1. The van der Waals surface area contributed by atoms with Crippen molar-refractivity contribution in [3.8, 4) is 6.07 Å². The zero-order chi connectivity index (χ0) is 21.2. The molecule has 0 radical (unpaired) electrons. The summed E-state index contributed by atoms with van der Waals surface area (Å²) in [7, 11) is 0. The highest BCUT2D eigenvalue weighted by molar-refractivity contribution is 5.85. The van der Waals surface area contributed by atoms with E-state index in [0.717, 1.165) is 31.3 Å². The number of rotatable bonds is 7. The molecular formula is C25H37NO3. The van der Waals surface area contributed by atoms with Gasteiger partial charge in [0, 0.05) is 12.0 Å². The van der Waals surface area contributed by atoms with Gasteiger partial charge in [0.1, 0.15) is 5.41 Å². The molecule has 0 amide bonds. The number of fused-ring (bicyclic) bond motifs is 2. The molecule has 0 unspecified atom stereocenters. The molecule has 160 valence electrons. The van der Waals surface area contributed by atoms with Gasteiger partial charge < -0.3 is 9.84 Å². The molecule has 0 spiro atoms. The maximum Gasteiger partial charge on any atom is 0.316 e. The Morgan fingerprint density at radius 1 is 1.31 bits per heavy atom. The second-order valence-corrected chi connectivity index (χ2v) is 11.1. The molecule has 4 heteroatoms. The Kier molecular flexibility index (Phi) is 4.93. The average molecular weight is 400 g/mol. The first-order chi connectivity index (χ1) is 13.7. The molecule has 0 aromatic rings. The van der Waals surface area contributed by atoms with E-state index in [1.54, 1.807) is 0 Å². The Labute approximate surface area is 175 Å². The van der Waals surface area contributed by atoms with Crippen molar-refractivity contribution in [3.05, 3.63) is 11.6 Å². The van der Waals surface area contributed by atoms with Gasteiger partial charge in [0.05, 0.1) is 18.1 Å². The third-order valence-corrected chi connectivity index (χ3v) is 9.24. The summed E-state index contributed by atoms with van der Waals surface area (Å²) in [5, 5.41) is 21.5. The first kappa shape index (κ1) is 20.9. The molecule has 0 saturated heterocycles. The third kappa shape index (κ3) is 2.37. The quantitative estimate of drug-likeness (QED) is 0.466. The van der Waals surface area contributed by atoms with Gasteiger partial charge in [-0.2, -0.15) is 5.26 Å². The van der Waals surface area contributed by atoms with Crippen LogP contribution < -0.4 is 0 Å². The van der Waals surface area contributed by atoms with Crippen LogP contribution in [0.1, 0.15) is 66.7 Å². The zero-order valence-electron chi connectivity index (χ0n) is 18.7. The summed E-state index contributed by atoms with van der Waals surface area (Å²) in [6.07, 6.45) is 6.95. The Bertz CT molecular complexity index is 765. The molecule has 4 rings (SSSR count). The van der Waals surface area contributed by atoms with Crippen molar-refractivity contribution in [3.63, 3.8) is 0 Å². The number of nitriles is 1. The molecule has 4 aliphatic rings. The van der Waals surface area contributed by atoms with E-state index in [4.69, 9.17) is 4.74 Å². The molecule has 0 heterocycles. The van der Waals surface area contributed by atoms with Crippen LogP contribution in [0.5, 0.6) is 0 Å². The number of aliphatic carboxylic acids is 1. The first-order valence-electron chi connectivity index (χ1n) is 11.6. The van der Waals surface area contributed by atoms with Gasteiger partial charge in [-0.05, 0) is 61.2 Å². The fourth-order valence-electron chi connectivity index (χ4n) is 8.11. The molecule has 29 heavy (non-hydrogen) atoms. The van der Waals surface area contributed by atoms with Crippen LogP contribution in [0.25, 0.3) is 0 Å². The van der Waals surface area contributed by atoms with Crippen molar-refractivity contribution in [1.29, 1.82) is 5.26 Å². The van der Waals surface area contributed by atoms with Crippen LogP contribution in [-0.4, -0.2) is 24.3 Å². The lowest BCUT2D eigenvalue weighted by molar-refractivity contribution is -0.179. The standard InChI is InChI=1S/C25H37NO3/c1-15(2)8-9-29-14-24-12-19-17(5)6-7-20(19)23(13-26)11-18(24)10-21(16(3)4)25(23,24)22(27)28/h10,15-20H,6-9,11-12,14H2,1-5H3,(H,27,28)/t17-,18+,19-,20-,23+,24+,25+/m0/s1. The minimum absolute atomic E-state index is 0.134. The summed E-state index contributed by atoms with van der Waals surface area (Å²) >= 11 is 0. The van der Waals surface area contributed by atoms with E-state index >= 15 is 0 Å². The fraction of sp³-hybridized carbons (Fsp3) is 0.840. The predicted molar refractivity (Wildman–Crippen MR) is 112 cm³/mol. The highest BCUT2D eigenvalue weighted by Gasteiger charge is 2.84. The van der Waals surface area contributed by atoms with Crippen molar-refractivity contribution in [1.82, 2.24) is 0 Å². The highest BCUT2D eigenvalue weighted by atomic mass is 16.5. The lowest BCUT2D eigenvalue weighted by Crippen LogP contribution is -2.62. The van der Waals surface area contributed by atoms with E-state index in [-0.39, 0.29) is 17.8 Å². The largest absolute Gasteiger partial charge is 0.481 e. The van der Waals surface area contributed by atoms with Gasteiger partial charge in [-0.3, -0.25) is 4.79 Å². The monoisotopic (exact) mass is 399 g/mol. The lowest BCUT2D eigenvalue weighted by atomic mass is 9.43. The predicted octanol–water partition coefficient (Wildman–Crippen LogP) is 5.30. The van der Waals surface area contributed by atoms with Crippen molar-refractivity contribution in [2.75, 3.05) is 13.2 Å². The van der Waals surface area contributed by atoms with E-state index < -0.39 is 22.2 Å². The van der Waals surface area contributed by atoms with Gasteiger partial charge in [-0.15, -0.1) is 0 Å². The van der Waals surface area contributed by atoms with E-state index in [1.807, 2.05) is 0 Å². The van der Waals surface area contributed by atoms with Crippen LogP contribution in [-0.2, 0) is 9.53 Å². The smallest absolute Gasteiger partial charge is 0.316 e. The van der Waals surface area contributed by atoms with Gasteiger partial charge in [0.15, 0.2) is 0 Å². The lowest BCUT2D eigenvalue weighted by Gasteiger charge is -2.57. The van der Waals surface area contributed by atoms with E-state index in [1.165, 1.54) is 0 Å². The van der Waals surface area contributed by atoms with Crippen molar-refractivity contribution >= 4 is 5.97 Å². The molecule has 4 bridgehead atoms. The molecule has 0 aromatic heterocycles. The van der Waals surface area contributed by atoms with Crippen LogP contribution in [0.3, 0.4) is 0 Å². The van der Waals surface area contributed by atoms with Crippen LogP contribution in [0.4, 0.5) is 0 Å². The second-order valence-electron chi connectivity index (χ2n) is 11.1. The minimum Gasteiger partial charge on any atom is -0.481 e.